The molecule has 4 saturated carbocycles. The zero-order valence-corrected chi connectivity index (χ0v) is 19.4. The van der Waals surface area contributed by atoms with Crippen LogP contribution in [0.4, 0.5) is 0 Å². The number of likely N-dealkylation sites (tertiary alicyclic amines) is 1. The van der Waals surface area contributed by atoms with E-state index in [-0.39, 0.29) is 5.91 Å². The fourth-order valence-electron chi connectivity index (χ4n) is 9.54. The molecule has 8 atom stereocenters. The summed E-state index contributed by atoms with van der Waals surface area (Å²) in [7, 11) is 0. The maximum atomic E-state index is 13.9. The van der Waals surface area contributed by atoms with Gasteiger partial charge in [0.1, 0.15) is 0 Å². The first-order chi connectivity index (χ1) is 14.7. The van der Waals surface area contributed by atoms with Crippen molar-refractivity contribution < 1.29 is 19.8 Å². The van der Waals surface area contributed by atoms with Crippen molar-refractivity contribution in [3.8, 4) is 0 Å². The Balaban J connectivity index is 1.47. The molecule has 0 radical (unpaired) electrons. The van der Waals surface area contributed by atoms with E-state index in [4.69, 9.17) is 0 Å². The van der Waals surface area contributed by atoms with Crippen LogP contribution >= 0.6 is 0 Å². The van der Waals surface area contributed by atoms with Crippen molar-refractivity contribution in [3.05, 3.63) is 0 Å². The molecule has 1 amide bonds. The van der Waals surface area contributed by atoms with Gasteiger partial charge in [-0.05, 0) is 98.7 Å². The molecule has 0 aromatic carbocycles. The zero-order chi connectivity index (χ0) is 22.0. The van der Waals surface area contributed by atoms with Gasteiger partial charge in [-0.1, -0.05) is 26.7 Å². The summed E-state index contributed by atoms with van der Waals surface area (Å²) in [6.07, 6.45) is 12.1. The van der Waals surface area contributed by atoms with Crippen molar-refractivity contribution in [3.63, 3.8) is 0 Å². The van der Waals surface area contributed by atoms with Crippen molar-refractivity contribution in [2.45, 2.75) is 97.0 Å². The maximum absolute atomic E-state index is 13.9. The molecule has 1 heterocycles. The fourth-order valence-corrected chi connectivity index (χ4v) is 9.54. The van der Waals surface area contributed by atoms with E-state index in [9.17, 15) is 19.8 Å². The largest absolute Gasteiger partial charge is 0.480 e. The Kier molecular flexibility index (Phi) is 5.23. The fraction of sp³-hybridized carbons (Fsp3) is 0.923. The minimum atomic E-state index is -1.32. The lowest BCUT2D eigenvalue weighted by Crippen LogP contribution is -2.61. The van der Waals surface area contributed by atoms with Gasteiger partial charge >= 0.3 is 5.97 Å². The van der Waals surface area contributed by atoms with Crippen LogP contribution in [0.2, 0.25) is 0 Å². The van der Waals surface area contributed by atoms with Crippen molar-refractivity contribution in [1.29, 1.82) is 0 Å². The number of carboxylic acids is 1. The molecule has 5 fully saturated rings. The summed E-state index contributed by atoms with van der Waals surface area (Å²) in [5, 5.41) is 20.7. The number of hydrogen-bond donors (Lipinski definition) is 2. The molecule has 4 aliphatic carbocycles. The topological polar surface area (TPSA) is 77.8 Å². The van der Waals surface area contributed by atoms with Crippen LogP contribution in [-0.2, 0) is 9.59 Å². The molecule has 0 bridgehead atoms. The first kappa shape index (κ1) is 21.7. The molecule has 5 rings (SSSR count). The van der Waals surface area contributed by atoms with Gasteiger partial charge in [-0.15, -0.1) is 0 Å². The highest BCUT2D eigenvalue weighted by Crippen LogP contribution is 2.70. The predicted molar refractivity (Wildman–Crippen MR) is 118 cm³/mol. The summed E-state index contributed by atoms with van der Waals surface area (Å²) in [5.74, 6) is 1.31. The molecular formula is C26H41NO4. The highest BCUT2D eigenvalue weighted by molar-refractivity contribution is 6.03. The number of rotatable bonds is 2. The lowest BCUT2D eigenvalue weighted by molar-refractivity contribution is -0.180. The van der Waals surface area contributed by atoms with Crippen molar-refractivity contribution >= 4 is 11.9 Å². The van der Waals surface area contributed by atoms with Crippen molar-refractivity contribution in [2.24, 2.45) is 39.9 Å². The molecule has 5 aliphatic rings. The third kappa shape index (κ3) is 2.90. The Hall–Kier alpha value is -1.10. The third-order valence-electron chi connectivity index (χ3n) is 11.2. The van der Waals surface area contributed by atoms with E-state index in [1.165, 1.54) is 38.5 Å². The molecule has 2 N–H and O–H groups in total. The molecule has 0 aromatic rings. The molecule has 31 heavy (non-hydrogen) atoms. The number of fused-ring (bicyclic) bond motifs is 5. The van der Waals surface area contributed by atoms with E-state index in [1.54, 1.807) is 4.90 Å². The lowest BCUT2D eigenvalue weighted by Gasteiger charge is -2.61. The minimum absolute atomic E-state index is 0.209. The number of amides is 1. The molecule has 3 unspecified atom stereocenters. The predicted octanol–water partition coefficient (Wildman–Crippen LogP) is 4.47. The number of aliphatic carboxylic acids is 1. The number of nitrogens with zero attached hydrogens (tertiary/aromatic N) is 1. The second-order valence-electron chi connectivity index (χ2n) is 12.2. The molecule has 5 nitrogen and oxygen atoms in total. The average Bonchev–Trinajstić information content (AvgIpc) is 3.07. The van der Waals surface area contributed by atoms with Gasteiger partial charge in [0.15, 0.2) is 5.41 Å². The van der Waals surface area contributed by atoms with Crippen LogP contribution in [0, 0.1) is 39.9 Å². The summed E-state index contributed by atoms with van der Waals surface area (Å²) in [6, 6.07) is 0. The van der Waals surface area contributed by atoms with Crippen LogP contribution in [0.15, 0.2) is 0 Å². The SMILES string of the molecule is C[C@]12CCCCC1CC[C@@H]1[C@H]2CC[C@@]2(C)[C@H]1CCC2(C(=O)O)C(=O)N1CCCC(O)C1. The second kappa shape index (κ2) is 7.46. The van der Waals surface area contributed by atoms with Gasteiger partial charge in [0.2, 0.25) is 5.91 Å². The van der Waals surface area contributed by atoms with E-state index >= 15 is 0 Å². The maximum Gasteiger partial charge on any atom is 0.319 e. The molecule has 174 valence electrons. The lowest BCUT2D eigenvalue weighted by atomic mass is 9.43. The van der Waals surface area contributed by atoms with Crippen LogP contribution in [0.5, 0.6) is 0 Å². The van der Waals surface area contributed by atoms with Crippen LogP contribution in [0.3, 0.4) is 0 Å². The van der Waals surface area contributed by atoms with E-state index in [1.807, 2.05) is 0 Å². The van der Waals surface area contributed by atoms with Crippen LogP contribution in [0.25, 0.3) is 0 Å². The smallest absolute Gasteiger partial charge is 0.319 e. The number of carbonyl (C=O) groups excluding carboxylic acids is 1. The number of carboxylic acid groups (broad SMARTS) is 1. The van der Waals surface area contributed by atoms with Gasteiger partial charge in [-0.25, -0.2) is 0 Å². The summed E-state index contributed by atoms with van der Waals surface area (Å²) in [4.78, 5) is 28.4. The number of β-amino-alcohol motifs (C(OH)–C–C–N with tert-alkyl or cyclic N) is 1. The van der Waals surface area contributed by atoms with Crippen LogP contribution < -0.4 is 0 Å². The minimum Gasteiger partial charge on any atom is -0.480 e. The van der Waals surface area contributed by atoms with Crippen molar-refractivity contribution in [2.75, 3.05) is 13.1 Å². The Morgan fingerprint density at radius 2 is 1.65 bits per heavy atom. The van der Waals surface area contributed by atoms with Gasteiger partial charge in [-0.3, -0.25) is 9.59 Å². The Bertz CT molecular complexity index is 754. The molecule has 0 spiro atoms. The Morgan fingerprint density at radius 3 is 2.39 bits per heavy atom. The highest BCUT2D eigenvalue weighted by atomic mass is 16.4. The Morgan fingerprint density at radius 1 is 0.871 bits per heavy atom. The van der Waals surface area contributed by atoms with Crippen LogP contribution in [-0.4, -0.2) is 46.2 Å². The molecule has 5 heteroatoms. The molecular weight excluding hydrogens is 390 g/mol. The van der Waals surface area contributed by atoms with Crippen LogP contribution in [0.1, 0.15) is 90.9 Å². The monoisotopic (exact) mass is 431 g/mol. The van der Waals surface area contributed by atoms with E-state index in [0.717, 1.165) is 31.6 Å². The van der Waals surface area contributed by atoms with Gasteiger partial charge in [-0.2, -0.15) is 0 Å². The first-order valence-corrected chi connectivity index (χ1v) is 12.9. The third-order valence-corrected chi connectivity index (χ3v) is 11.2. The number of piperidine rings is 1. The summed E-state index contributed by atoms with van der Waals surface area (Å²) >= 11 is 0. The number of hydrogen-bond acceptors (Lipinski definition) is 3. The van der Waals surface area contributed by atoms with Gasteiger partial charge in [0.05, 0.1) is 6.10 Å². The van der Waals surface area contributed by atoms with Gasteiger partial charge in [0.25, 0.3) is 0 Å². The van der Waals surface area contributed by atoms with E-state index < -0.39 is 22.9 Å². The summed E-state index contributed by atoms with van der Waals surface area (Å²) < 4.78 is 0. The molecule has 1 aliphatic heterocycles. The van der Waals surface area contributed by atoms with Crippen molar-refractivity contribution in [1.82, 2.24) is 4.90 Å². The quantitative estimate of drug-likeness (QED) is 0.632. The number of aliphatic hydroxyl groups excluding tert-OH is 1. The first-order valence-electron chi connectivity index (χ1n) is 12.9. The summed E-state index contributed by atoms with van der Waals surface area (Å²) in [6.45, 7) is 5.55. The van der Waals surface area contributed by atoms with E-state index in [2.05, 4.69) is 13.8 Å². The summed E-state index contributed by atoms with van der Waals surface area (Å²) in [5.41, 5.74) is -1.38. The normalized spacial score (nSPS) is 49.6. The second-order valence-corrected chi connectivity index (χ2v) is 12.2. The van der Waals surface area contributed by atoms with Gasteiger partial charge in [0, 0.05) is 13.1 Å². The van der Waals surface area contributed by atoms with E-state index in [0.29, 0.717) is 49.1 Å². The molecule has 1 saturated heterocycles. The standard InChI is InChI=1S/C26H41NO4/c1-24-12-4-3-6-17(24)8-9-19-20(24)10-13-25(2)21(19)11-14-26(25,23(30)31)22(29)27-15-5-7-18(28)16-27/h17-21,28H,3-16H2,1-2H3,(H,30,31)/t17?,18?,19-,20-,21+,24+,25+,26?/m1/s1. The average molecular weight is 432 g/mol. The Labute approximate surface area is 187 Å². The number of carbonyl (C=O) groups is 2. The highest BCUT2D eigenvalue weighted by Gasteiger charge is 2.70. The molecule has 0 aromatic heterocycles. The zero-order valence-electron chi connectivity index (χ0n) is 19.4. The van der Waals surface area contributed by atoms with Gasteiger partial charge < -0.3 is 15.1 Å². The number of aliphatic hydroxyl groups is 1.